The third kappa shape index (κ3) is 5.00. The van der Waals surface area contributed by atoms with Gasteiger partial charge in [-0.25, -0.2) is 0 Å². The standard InChI is InChI=1S/C12H23N3OS/c1-9(2)7-14-11(16)8-15-6-4-3-5-10(15)12(13)17/h9-10H,3-8H2,1-2H3,(H2,13,17)(H,14,16). The van der Waals surface area contributed by atoms with E-state index in [0.29, 0.717) is 17.5 Å². The van der Waals surface area contributed by atoms with Gasteiger partial charge in [0.2, 0.25) is 5.91 Å². The van der Waals surface area contributed by atoms with Crippen molar-refractivity contribution in [1.29, 1.82) is 0 Å². The Hall–Kier alpha value is -0.680. The van der Waals surface area contributed by atoms with Crippen molar-refractivity contribution in [2.75, 3.05) is 19.6 Å². The van der Waals surface area contributed by atoms with Crippen molar-refractivity contribution in [3.8, 4) is 0 Å². The number of hydrogen-bond donors (Lipinski definition) is 2. The van der Waals surface area contributed by atoms with Crippen molar-refractivity contribution in [3.05, 3.63) is 0 Å². The molecule has 1 aliphatic rings. The fourth-order valence-electron chi connectivity index (χ4n) is 2.06. The summed E-state index contributed by atoms with van der Waals surface area (Å²) in [7, 11) is 0. The zero-order valence-electron chi connectivity index (χ0n) is 10.7. The summed E-state index contributed by atoms with van der Waals surface area (Å²) in [6, 6.07) is 0.101. The molecule has 1 unspecified atom stereocenters. The maximum absolute atomic E-state index is 11.7. The van der Waals surface area contributed by atoms with Crippen molar-refractivity contribution >= 4 is 23.1 Å². The summed E-state index contributed by atoms with van der Waals surface area (Å²) in [5, 5.41) is 2.92. The molecule has 0 spiro atoms. The zero-order valence-corrected chi connectivity index (χ0v) is 11.6. The van der Waals surface area contributed by atoms with Crippen LogP contribution >= 0.6 is 12.2 Å². The highest BCUT2D eigenvalue weighted by molar-refractivity contribution is 7.80. The lowest BCUT2D eigenvalue weighted by Gasteiger charge is -2.34. The molecule has 98 valence electrons. The van der Waals surface area contributed by atoms with Crippen molar-refractivity contribution in [1.82, 2.24) is 10.2 Å². The average molecular weight is 257 g/mol. The normalized spacial score (nSPS) is 21.5. The first-order valence-corrected chi connectivity index (χ1v) is 6.71. The molecule has 0 radical (unpaired) electrons. The number of amides is 1. The average Bonchev–Trinajstić information content (AvgIpc) is 2.27. The van der Waals surface area contributed by atoms with Gasteiger partial charge in [0.15, 0.2) is 0 Å². The minimum Gasteiger partial charge on any atom is -0.392 e. The Morgan fingerprint density at radius 2 is 2.24 bits per heavy atom. The van der Waals surface area contributed by atoms with Gasteiger partial charge in [0.1, 0.15) is 0 Å². The molecule has 1 saturated heterocycles. The van der Waals surface area contributed by atoms with Gasteiger partial charge in [-0.1, -0.05) is 32.5 Å². The van der Waals surface area contributed by atoms with Crippen LogP contribution in [0.2, 0.25) is 0 Å². The molecule has 17 heavy (non-hydrogen) atoms. The van der Waals surface area contributed by atoms with Gasteiger partial charge in [-0.2, -0.15) is 0 Å². The number of nitrogens with one attached hydrogen (secondary N) is 1. The monoisotopic (exact) mass is 257 g/mol. The number of thiocarbonyl (C=S) groups is 1. The summed E-state index contributed by atoms with van der Waals surface area (Å²) in [4.78, 5) is 14.4. The minimum atomic E-state index is 0.0712. The SMILES string of the molecule is CC(C)CNC(=O)CN1CCCCC1C(N)=S. The van der Waals surface area contributed by atoms with Gasteiger partial charge in [0.05, 0.1) is 17.6 Å². The van der Waals surface area contributed by atoms with Crippen LogP contribution in [0.4, 0.5) is 0 Å². The highest BCUT2D eigenvalue weighted by Gasteiger charge is 2.25. The largest absolute Gasteiger partial charge is 0.392 e. The number of nitrogens with zero attached hydrogens (tertiary/aromatic N) is 1. The number of rotatable bonds is 5. The molecule has 5 heteroatoms. The maximum Gasteiger partial charge on any atom is 0.234 e. The molecule has 1 atom stereocenters. The minimum absolute atomic E-state index is 0.0712. The van der Waals surface area contributed by atoms with Crippen LogP contribution in [0.1, 0.15) is 33.1 Å². The van der Waals surface area contributed by atoms with E-state index in [1.165, 1.54) is 0 Å². The topological polar surface area (TPSA) is 58.4 Å². The molecule has 1 fully saturated rings. The van der Waals surface area contributed by atoms with Crippen molar-refractivity contribution in [2.24, 2.45) is 11.7 Å². The van der Waals surface area contributed by atoms with Crippen molar-refractivity contribution in [2.45, 2.75) is 39.2 Å². The second kappa shape index (κ2) is 6.91. The van der Waals surface area contributed by atoms with Gasteiger partial charge >= 0.3 is 0 Å². The third-order valence-electron chi connectivity index (χ3n) is 3.00. The van der Waals surface area contributed by atoms with E-state index in [2.05, 4.69) is 24.1 Å². The maximum atomic E-state index is 11.7. The van der Waals surface area contributed by atoms with Crippen LogP contribution in [0.5, 0.6) is 0 Å². The lowest BCUT2D eigenvalue weighted by molar-refractivity contribution is -0.122. The molecule has 1 heterocycles. The summed E-state index contributed by atoms with van der Waals surface area (Å²) in [6.07, 6.45) is 3.25. The van der Waals surface area contributed by atoms with Crippen molar-refractivity contribution < 1.29 is 4.79 Å². The molecule has 0 aromatic rings. The van der Waals surface area contributed by atoms with E-state index in [1.54, 1.807) is 0 Å². The summed E-state index contributed by atoms with van der Waals surface area (Å²) in [5.74, 6) is 0.550. The van der Waals surface area contributed by atoms with E-state index >= 15 is 0 Å². The highest BCUT2D eigenvalue weighted by atomic mass is 32.1. The van der Waals surface area contributed by atoms with Crippen LogP contribution in [-0.2, 0) is 4.79 Å². The van der Waals surface area contributed by atoms with Crippen LogP contribution in [0.3, 0.4) is 0 Å². The molecular weight excluding hydrogens is 234 g/mol. The Morgan fingerprint density at radius 3 is 2.82 bits per heavy atom. The van der Waals surface area contributed by atoms with E-state index in [4.69, 9.17) is 18.0 Å². The molecule has 0 bridgehead atoms. The molecular formula is C12H23N3OS. The Morgan fingerprint density at radius 1 is 1.53 bits per heavy atom. The van der Waals surface area contributed by atoms with Gasteiger partial charge in [-0.05, 0) is 25.3 Å². The summed E-state index contributed by atoms with van der Waals surface area (Å²) < 4.78 is 0. The van der Waals surface area contributed by atoms with Gasteiger partial charge < -0.3 is 11.1 Å². The Labute approximate surface area is 109 Å². The summed E-state index contributed by atoms with van der Waals surface area (Å²) in [6.45, 7) is 6.22. The number of nitrogens with two attached hydrogens (primary N) is 1. The molecule has 1 amide bonds. The first kappa shape index (κ1) is 14.4. The molecule has 0 aliphatic carbocycles. The van der Waals surface area contributed by atoms with Gasteiger partial charge in [0, 0.05) is 6.54 Å². The Bertz CT molecular complexity index is 281. The molecule has 3 N–H and O–H groups in total. The number of hydrogen-bond acceptors (Lipinski definition) is 3. The van der Waals surface area contributed by atoms with Crippen LogP contribution in [-0.4, -0.2) is 41.5 Å². The van der Waals surface area contributed by atoms with Crippen LogP contribution < -0.4 is 11.1 Å². The molecule has 0 saturated carbocycles. The van der Waals surface area contributed by atoms with Crippen molar-refractivity contribution in [3.63, 3.8) is 0 Å². The predicted octanol–water partition coefficient (Wildman–Crippen LogP) is 0.899. The van der Waals surface area contributed by atoms with E-state index in [1.807, 2.05) is 0 Å². The van der Waals surface area contributed by atoms with Gasteiger partial charge in [0.25, 0.3) is 0 Å². The second-order valence-electron chi connectivity index (χ2n) is 5.08. The van der Waals surface area contributed by atoms with E-state index in [0.717, 1.165) is 32.4 Å². The lowest BCUT2D eigenvalue weighted by atomic mass is 10.0. The van der Waals surface area contributed by atoms with E-state index in [9.17, 15) is 4.79 Å². The third-order valence-corrected chi connectivity index (χ3v) is 3.27. The van der Waals surface area contributed by atoms with Crippen LogP contribution in [0, 0.1) is 5.92 Å². The fraction of sp³-hybridized carbons (Fsp3) is 0.833. The van der Waals surface area contributed by atoms with Crippen LogP contribution in [0.25, 0.3) is 0 Å². The Kier molecular flexibility index (Phi) is 5.85. The highest BCUT2D eigenvalue weighted by Crippen LogP contribution is 2.16. The molecule has 1 rings (SSSR count). The summed E-state index contributed by atoms with van der Waals surface area (Å²) >= 11 is 5.06. The molecule has 1 aliphatic heterocycles. The Balaban J connectivity index is 2.42. The molecule has 4 nitrogen and oxygen atoms in total. The fourth-order valence-corrected chi connectivity index (χ4v) is 2.33. The molecule has 0 aromatic heterocycles. The van der Waals surface area contributed by atoms with Gasteiger partial charge in [-0.15, -0.1) is 0 Å². The number of likely N-dealkylation sites (tertiary alicyclic amines) is 1. The predicted molar refractivity (Wildman–Crippen MR) is 73.8 cm³/mol. The zero-order chi connectivity index (χ0) is 12.8. The van der Waals surface area contributed by atoms with Gasteiger partial charge in [-0.3, -0.25) is 9.69 Å². The van der Waals surface area contributed by atoms with E-state index < -0.39 is 0 Å². The lowest BCUT2D eigenvalue weighted by Crippen LogP contribution is -2.50. The van der Waals surface area contributed by atoms with Crippen LogP contribution in [0.15, 0.2) is 0 Å². The summed E-state index contributed by atoms with van der Waals surface area (Å²) in [5.41, 5.74) is 5.71. The number of piperidine rings is 1. The number of carbonyl (C=O) groups excluding carboxylic acids is 1. The first-order chi connectivity index (χ1) is 8.00. The second-order valence-corrected chi connectivity index (χ2v) is 5.55. The van der Waals surface area contributed by atoms with E-state index in [-0.39, 0.29) is 11.9 Å². The first-order valence-electron chi connectivity index (χ1n) is 6.30. The molecule has 0 aromatic carbocycles. The quantitative estimate of drug-likeness (QED) is 0.719. The number of carbonyl (C=O) groups is 1. The smallest absolute Gasteiger partial charge is 0.234 e.